The van der Waals surface area contributed by atoms with Gasteiger partial charge in [0.2, 0.25) is 0 Å². The summed E-state index contributed by atoms with van der Waals surface area (Å²) in [5.41, 5.74) is 1.54. The normalized spacial score (nSPS) is 18.2. The average molecular weight is 236 g/mol. The van der Waals surface area contributed by atoms with Gasteiger partial charge in [-0.05, 0) is 36.5 Å². The van der Waals surface area contributed by atoms with Crippen molar-refractivity contribution in [3.05, 3.63) is 34.9 Å². The summed E-state index contributed by atoms with van der Waals surface area (Å²) in [5, 5.41) is 9.51. The van der Waals surface area contributed by atoms with Crippen LogP contribution in [0.2, 0.25) is 0 Å². The number of hydrogen-bond donors (Lipinski definition) is 1. The summed E-state index contributed by atoms with van der Waals surface area (Å²) in [6.45, 7) is 1.36. The lowest BCUT2D eigenvalue weighted by Crippen LogP contribution is -2.33. The highest BCUT2D eigenvalue weighted by Gasteiger charge is 2.43. The molecular formula is C14H17FO2. The number of halogens is 1. The average Bonchev–Trinajstić information content (AvgIpc) is 2.80. The molecule has 0 bridgehead atoms. The maximum atomic E-state index is 12.7. The zero-order valence-corrected chi connectivity index (χ0v) is 10.0. The highest BCUT2D eigenvalue weighted by atomic mass is 19.1. The van der Waals surface area contributed by atoms with Crippen LogP contribution in [-0.4, -0.2) is 11.1 Å². The highest BCUT2D eigenvalue weighted by molar-refractivity contribution is 5.82. The molecule has 92 valence electrons. The number of carboxylic acids is 1. The van der Waals surface area contributed by atoms with Gasteiger partial charge < -0.3 is 5.11 Å². The molecule has 1 fully saturated rings. The second-order valence-electron chi connectivity index (χ2n) is 4.88. The smallest absolute Gasteiger partial charge is 0.314 e. The Labute approximate surface area is 100 Å². The number of aryl methyl sites for hydroxylation is 1. The Morgan fingerprint density at radius 2 is 2.06 bits per heavy atom. The molecule has 1 aromatic carbocycles. The van der Waals surface area contributed by atoms with Crippen molar-refractivity contribution in [2.75, 3.05) is 0 Å². The minimum absolute atomic E-state index is 0.539. The van der Waals surface area contributed by atoms with Crippen LogP contribution in [0.5, 0.6) is 0 Å². The van der Waals surface area contributed by atoms with E-state index in [0.717, 1.165) is 24.0 Å². The van der Waals surface area contributed by atoms with Crippen molar-refractivity contribution in [1.82, 2.24) is 0 Å². The molecule has 0 heterocycles. The zero-order valence-electron chi connectivity index (χ0n) is 10.0. The molecule has 1 aliphatic carbocycles. The van der Waals surface area contributed by atoms with Gasteiger partial charge in [0.1, 0.15) is 6.67 Å². The van der Waals surface area contributed by atoms with Crippen LogP contribution in [0.3, 0.4) is 0 Å². The Morgan fingerprint density at radius 1 is 1.41 bits per heavy atom. The molecule has 1 saturated carbocycles. The third-order valence-corrected chi connectivity index (χ3v) is 3.84. The molecule has 1 N–H and O–H groups in total. The van der Waals surface area contributed by atoms with Crippen molar-refractivity contribution in [1.29, 1.82) is 0 Å². The van der Waals surface area contributed by atoms with E-state index in [1.165, 1.54) is 0 Å². The Hall–Kier alpha value is -1.38. The number of rotatable bonds is 3. The third kappa shape index (κ3) is 1.94. The van der Waals surface area contributed by atoms with Crippen LogP contribution in [0, 0.1) is 6.92 Å². The van der Waals surface area contributed by atoms with Crippen LogP contribution in [-0.2, 0) is 16.9 Å². The van der Waals surface area contributed by atoms with Crippen molar-refractivity contribution in [3.8, 4) is 0 Å². The van der Waals surface area contributed by atoms with Gasteiger partial charge in [-0.1, -0.05) is 31.0 Å². The van der Waals surface area contributed by atoms with E-state index in [0.29, 0.717) is 18.4 Å². The van der Waals surface area contributed by atoms with Gasteiger partial charge in [0, 0.05) is 0 Å². The lowest BCUT2D eigenvalue weighted by atomic mass is 9.76. The van der Waals surface area contributed by atoms with Gasteiger partial charge >= 0.3 is 5.97 Å². The minimum atomic E-state index is -0.782. The molecule has 2 nitrogen and oxygen atoms in total. The number of aliphatic carboxylic acids is 1. The Balaban J connectivity index is 2.53. The zero-order chi connectivity index (χ0) is 12.5. The highest BCUT2D eigenvalue weighted by Crippen LogP contribution is 2.43. The first-order valence-electron chi connectivity index (χ1n) is 5.99. The monoisotopic (exact) mass is 236 g/mol. The molecule has 2 rings (SSSR count). The summed E-state index contributed by atoms with van der Waals surface area (Å²) in [6.07, 6.45) is 3.20. The van der Waals surface area contributed by atoms with Crippen molar-refractivity contribution in [2.24, 2.45) is 0 Å². The quantitative estimate of drug-likeness (QED) is 0.873. The summed E-state index contributed by atoms with van der Waals surface area (Å²) in [7, 11) is 0. The molecule has 0 radical (unpaired) electrons. The number of alkyl halides is 1. The molecule has 0 saturated heterocycles. The molecule has 1 aromatic rings. The Morgan fingerprint density at radius 3 is 2.59 bits per heavy atom. The van der Waals surface area contributed by atoms with Crippen molar-refractivity contribution >= 4 is 5.97 Å². The van der Waals surface area contributed by atoms with E-state index >= 15 is 0 Å². The molecule has 3 heteroatoms. The van der Waals surface area contributed by atoms with E-state index in [4.69, 9.17) is 0 Å². The van der Waals surface area contributed by atoms with E-state index in [-0.39, 0.29) is 0 Å². The van der Waals surface area contributed by atoms with Gasteiger partial charge in [0.25, 0.3) is 0 Å². The topological polar surface area (TPSA) is 37.3 Å². The number of hydrogen-bond acceptors (Lipinski definition) is 1. The number of carbonyl (C=O) groups is 1. The lowest BCUT2D eigenvalue weighted by molar-refractivity contribution is -0.143. The van der Waals surface area contributed by atoms with Crippen molar-refractivity contribution < 1.29 is 14.3 Å². The van der Waals surface area contributed by atoms with E-state index in [1.54, 1.807) is 12.1 Å². The molecule has 0 atom stereocenters. The van der Waals surface area contributed by atoms with Crippen LogP contribution >= 0.6 is 0 Å². The SMILES string of the molecule is Cc1ccc(CF)cc1C1(C(=O)O)CCCC1. The van der Waals surface area contributed by atoms with Crippen LogP contribution in [0.4, 0.5) is 4.39 Å². The Kier molecular flexibility index (Phi) is 3.18. The lowest BCUT2D eigenvalue weighted by Gasteiger charge is -2.26. The fraction of sp³-hybridized carbons (Fsp3) is 0.500. The van der Waals surface area contributed by atoms with Gasteiger partial charge in [-0.25, -0.2) is 4.39 Å². The van der Waals surface area contributed by atoms with E-state index in [9.17, 15) is 14.3 Å². The van der Waals surface area contributed by atoms with Crippen LogP contribution in [0.1, 0.15) is 42.4 Å². The summed E-state index contributed by atoms with van der Waals surface area (Å²) in [5.74, 6) is -0.769. The van der Waals surface area contributed by atoms with Gasteiger partial charge in [0.05, 0.1) is 5.41 Å². The molecular weight excluding hydrogens is 219 g/mol. The summed E-state index contributed by atoms with van der Waals surface area (Å²) in [6, 6.07) is 5.28. The van der Waals surface area contributed by atoms with Crippen molar-refractivity contribution in [3.63, 3.8) is 0 Å². The fourth-order valence-corrected chi connectivity index (χ4v) is 2.84. The standard InChI is InChI=1S/C14H17FO2/c1-10-4-5-11(9-15)8-12(10)14(13(16)17)6-2-3-7-14/h4-5,8H,2-3,6-7,9H2,1H3,(H,16,17). The van der Waals surface area contributed by atoms with Gasteiger partial charge in [0.15, 0.2) is 0 Å². The molecule has 0 amide bonds. The van der Waals surface area contributed by atoms with Gasteiger partial charge in [-0.15, -0.1) is 0 Å². The summed E-state index contributed by atoms with van der Waals surface area (Å²) >= 11 is 0. The largest absolute Gasteiger partial charge is 0.481 e. The van der Waals surface area contributed by atoms with Crippen molar-refractivity contribution in [2.45, 2.75) is 44.7 Å². The molecule has 0 unspecified atom stereocenters. The van der Waals surface area contributed by atoms with Crippen LogP contribution < -0.4 is 0 Å². The Bertz CT molecular complexity index is 434. The first-order chi connectivity index (χ1) is 8.10. The number of benzene rings is 1. The summed E-state index contributed by atoms with van der Waals surface area (Å²) in [4.78, 5) is 11.6. The first kappa shape index (κ1) is 12.1. The fourth-order valence-electron chi connectivity index (χ4n) is 2.84. The second-order valence-corrected chi connectivity index (χ2v) is 4.88. The van der Waals surface area contributed by atoms with Gasteiger partial charge in [-0.2, -0.15) is 0 Å². The maximum absolute atomic E-state index is 12.7. The predicted octanol–water partition coefficient (Wildman–Crippen LogP) is 3.36. The first-order valence-corrected chi connectivity index (χ1v) is 5.99. The molecule has 17 heavy (non-hydrogen) atoms. The maximum Gasteiger partial charge on any atom is 0.314 e. The second kappa shape index (κ2) is 4.47. The molecule has 0 aromatic heterocycles. The summed E-state index contributed by atoms with van der Waals surface area (Å²) < 4.78 is 12.7. The number of carboxylic acid groups (broad SMARTS) is 1. The van der Waals surface area contributed by atoms with Crippen LogP contribution in [0.15, 0.2) is 18.2 Å². The molecule has 0 spiro atoms. The van der Waals surface area contributed by atoms with E-state index in [2.05, 4.69) is 0 Å². The molecule has 1 aliphatic rings. The van der Waals surface area contributed by atoms with E-state index < -0.39 is 18.1 Å². The van der Waals surface area contributed by atoms with E-state index in [1.807, 2.05) is 13.0 Å². The van der Waals surface area contributed by atoms with Gasteiger partial charge in [-0.3, -0.25) is 4.79 Å². The minimum Gasteiger partial charge on any atom is -0.481 e. The predicted molar refractivity (Wildman–Crippen MR) is 63.8 cm³/mol. The van der Waals surface area contributed by atoms with Crippen LogP contribution in [0.25, 0.3) is 0 Å². The molecule has 0 aliphatic heterocycles. The third-order valence-electron chi connectivity index (χ3n) is 3.84.